The van der Waals surface area contributed by atoms with Gasteiger partial charge in [-0.15, -0.1) is 0 Å². The van der Waals surface area contributed by atoms with E-state index in [1.165, 1.54) is 82.6 Å². The van der Waals surface area contributed by atoms with Crippen LogP contribution < -0.4 is 16.2 Å². The van der Waals surface area contributed by atoms with Crippen LogP contribution in [0, 0.1) is 35.5 Å². The van der Waals surface area contributed by atoms with E-state index in [0.717, 1.165) is 47.0 Å². The predicted octanol–water partition coefficient (Wildman–Crippen LogP) is 7.58. The smallest absolute Gasteiger partial charge is 0.150 e. The summed E-state index contributed by atoms with van der Waals surface area (Å²) in [5, 5.41) is 0. The molecule has 0 amide bonds. The molecular weight excluding hydrogens is 428 g/mol. The highest BCUT2D eigenvalue weighted by molar-refractivity contribution is 5.62. The third-order valence-electron chi connectivity index (χ3n) is 11.5. The Bertz CT molecular complexity index is 1110. The molecule has 8 aliphatic carbocycles. The minimum atomic E-state index is 0.297. The number of ether oxygens (including phenoxy) is 1. The second-order valence-corrected chi connectivity index (χ2v) is 14.0. The van der Waals surface area contributed by atoms with Gasteiger partial charge < -0.3 is 16.2 Å². The van der Waals surface area contributed by atoms with Crippen molar-refractivity contribution in [2.75, 3.05) is 11.5 Å². The van der Waals surface area contributed by atoms with Gasteiger partial charge in [-0.25, -0.2) is 0 Å². The van der Waals surface area contributed by atoms with Crippen molar-refractivity contribution in [1.29, 1.82) is 0 Å². The quantitative estimate of drug-likeness (QED) is 0.455. The van der Waals surface area contributed by atoms with Gasteiger partial charge in [-0.2, -0.15) is 0 Å². The van der Waals surface area contributed by atoms with Crippen LogP contribution >= 0.6 is 0 Å². The summed E-state index contributed by atoms with van der Waals surface area (Å²) in [5.41, 5.74) is 17.5. The highest BCUT2D eigenvalue weighted by Crippen LogP contribution is 2.64. The first-order valence-electron chi connectivity index (χ1n) is 14.4. The topological polar surface area (TPSA) is 61.3 Å². The maximum atomic E-state index is 6.68. The average molecular weight is 469 g/mol. The summed E-state index contributed by atoms with van der Waals surface area (Å²) in [6.07, 6.45) is 17.2. The first-order chi connectivity index (χ1) is 17.0. The lowest BCUT2D eigenvalue weighted by Gasteiger charge is -2.58. The molecule has 2 aromatic rings. The van der Waals surface area contributed by atoms with Crippen LogP contribution in [0.25, 0.3) is 0 Å². The van der Waals surface area contributed by atoms with Gasteiger partial charge in [0.1, 0.15) is 11.5 Å². The van der Waals surface area contributed by atoms with E-state index in [1.54, 1.807) is 5.56 Å². The van der Waals surface area contributed by atoms with Gasteiger partial charge in [0.2, 0.25) is 0 Å². The molecule has 8 saturated carbocycles. The van der Waals surface area contributed by atoms with E-state index in [4.69, 9.17) is 16.2 Å². The molecule has 3 nitrogen and oxygen atoms in total. The Morgan fingerprint density at radius 3 is 1.57 bits per heavy atom. The summed E-state index contributed by atoms with van der Waals surface area (Å²) in [6.45, 7) is 0. The molecule has 10 rings (SSSR count). The largest absolute Gasteiger partial charge is 0.455 e. The van der Waals surface area contributed by atoms with E-state index >= 15 is 0 Å². The Hall–Kier alpha value is -2.16. The van der Waals surface area contributed by atoms with Crippen LogP contribution in [0.2, 0.25) is 0 Å². The van der Waals surface area contributed by atoms with E-state index < -0.39 is 0 Å². The number of benzene rings is 2. The third-order valence-corrected chi connectivity index (χ3v) is 11.5. The lowest BCUT2D eigenvalue weighted by Crippen LogP contribution is -2.50. The van der Waals surface area contributed by atoms with Gasteiger partial charge >= 0.3 is 0 Å². The Morgan fingerprint density at radius 1 is 0.571 bits per heavy atom. The number of hydrogen-bond acceptors (Lipinski definition) is 3. The van der Waals surface area contributed by atoms with Crippen molar-refractivity contribution in [2.45, 2.75) is 87.9 Å². The molecule has 0 aliphatic heterocycles. The maximum Gasteiger partial charge on any atom is 0.150 e. The maximum absolute atomic E-state index is 6.68. The summed E-state index contributed by atoms with van der Waals surface area (Å²) in [6, 6.07) is 13.1. The fourth-order valence-corrected chi connectivity index (χ4v) is 11.0. The summed E-state index contributed by atoms with van der Waals surface area (Å²) in [7, 11) is 0. The van der Waals surface area contributed by atoms with Crippen LogP contribution in [0.4, 0.5) is 11.4 Å². The number of nitrogen functional groups attached to an aromatic ring is 2. The van der Waals surface area contributed by atoms with Crippen LogP contribution in [-0.4, -0.2) is 0 Å². The summed E-state index contributed by atoms with van der Waals surface area (Å²) < 4.78 is 6.68. The molecule has 184 valence electrons. The van der Waals surface area contributed by atoms with Crippen LogP contribution in [0.3, 0.4) is 0 Å². The van der Waals surface area contributed by atoms with E-state index in [9.17, 15) is 0 Å². The van der Waals surface area contributed by atoms with Gasteiger partial charge in [-0.3, -0.25) is 0 Å². The fraction of sp³-hybridized carbons (Fsp3) is 0.625. The molecular formula is C32H40N2O. The lowest BCUT2D eigenvalue weighted by molar-refractivity contribution is -0.00888. The van der Waals surface area contributed by atoms with E-state index in [2.05, 4.69) is 18.2 Å². The molecule has 8 aliphatic rings. The van der Waals surface area contributed by atoms with Gasteiger partial charge in [-0.1, -0.05) is 12.1 Å². The number of nitrogens with two attached hydrogens (primary N) is 2. The summed E-state index contributed by atoms with van der Waals surface area (Å²) in [4.78, 5) is 0. The zero-order chi connectivity index (χ0) is 23.4. The minimum Gasteiger partial charge on any atom is -0.455 e. The summed E-state index contributed by atoms with van der Waals surface area (Å²) >= 11 is 0. The Kier molecular flexibility index (Phi) is 4.32. The normalized spacial score (nSPS) is 42.5. The molecule has 8 bridgehead atoms. The molecule has 0 spiro atoms. The second-order valence-electron chi connectivity index (χ2n) is 14.0. The molecule has 3 heteroatoms. The number of rotatable bonds is 4. The zero-order valence-corrected chi connectivity index (χ0v) is 21.0. The van der Waals surface area contributed by atoms with Gasteiger partial charge in [0.25, 0.3) is 0 Å². The molecule has 0 aromatic heterocycles. The lowest BCUT2D eigenvalue weighted by atomic mass is 9.46. The predicted molar refractivity (Wildman–Crippen MR) is 141 cm³/mol. The molecule has 4 N–H and O–H groups in total. The Balaban J connectivity index is 1.24. The van der Waals surface area contributed by atoms with Crippen LogP contribution in [0.5, 0.6) is 11.5 Å². The highest BCUT2D eigenvalue weighted by Gasteiger charge is 2.54. The highest BCUT2D eigenvalue weighted by atomic mass is 16.5. The number of hydrogen-bond donors (Lipinski definition) is 2. The standard InChI is InChI=1S/C32H40N2O/c33-26-2-4-30(28(34)12-26)35-29-3-1-25(31-13-19-5-20(14-31)7-21(6-19)15-31)11-27(29)32-16-22-8-23(17-32)10-24(9-22)18-32/h1-4,11-12,19-24H,5-10,13-18,33-34H2. The zero-order valence-electron chi connectivity index (χ0n) is 21.0. The van der Waals surface area contributed by atoms with Crippen LogP contribution in [0.15, 0.2) is 36.4 Å². The van der Waals surface area contributed by atoms with Crippen molar-refractivity contribution < 1.29 is 4.74 Å². The Morgan fingerprint density at radius 2 is 1.06 bits per heavy atom. The molecule has 2 aromatic carbocycles. The van der Waals surface area contributed by atoms with Gasteiger partial charge in [0, 0.05) is 11.3 Å². The average Bonchev–Trinajstić information content (AvgIpc) is 2.79. The monoisotopic (exact) mass is 468 g/mol. The van der Waals surface area contributed by atoms with Crippen molar-refractivity contribution in [2.24, 2.45) is 35.5 Å². The van der Waals surface area contributed by atoms with Crippen LogP contribution in [0.1, 0.15) is 88.2 Å². The first kappa shape index (κ1) is 21.0. The van der Waals surface area contributed by atoms with Crippen molar-refractivity contribution >= 4 is 11.4 Å². The Labute approximate surface area is 210 Å². The van der Waals surface area contributed by atoms with Gasteiger partial charge in [0.05, 0.1) is 5.69 Å². The molecule has 0 saturated heterocycles. The van der Waals surface area contributed by atoms with Crippen molar-refractivity contribution in [3.8, 4) is 11.5 Å². The van der Waals surface area contributed by atoms with E-state index in [0.29, 0.717) is 22.2 Å². The fourth-order valence-electron chi connectivity index (χ4n) is 11.0. The molecule has 0 radical (unpaired) electrons. The number of anilines is 2. The molecule has 0 unspecified atom stereocenters. The van der Waals surface area contributed by atoms with Crippen molar-refractivity contribution in [3.63, 3.8) is 0 Å². The third kappa shape index (κ3) is 3.22. The minimum absolute atomic E-state index is 0.297. The van der Waals surface area contributed by atoms with Gasteiger partial charge in [-0.05, 0) is 153 Å². The molecule has 0 heterocycles. The first-order valence-corrected chi connectivity index (χ1v) is 14.4. The van der Waals surface area contributed by atoms with E-state index in [1.807, 2.05) is 18.2 Å². The SMILES string of the molecule is Nc1ccc(Oc2ccc(C34CC5CC(CC(C5)C3)C4)cc2C23CC4CC(CC(C4)C2)C3)c(N)c1. The van der Waals surface area contributed by atoms with Gasteiger partial charge in [0.15, 0.2) is 0 Å². The molecule has 35 heavy (non-hydrogen) atoms. The van der Waals surface area contributed by atoms with Crippen molar-refractivity contribution in [3.05, 3.63) is 47.5 Å². The van der Waals surface area contributed by atoms with Crippen molar-refractivity contribution in [1.82, 2.24) is 0 Å². The van der Waals surface area contributed by atoms with Crippen LogP contribution in [-0.2, 0) is 10.8 Å². The summed E-state index contributed by atoms with van der Waals surface area (Å²) in [5.74, 6) is 7.44. The molecule has 0 atom stereocenters. The van der Waals surface area contributed by atoms with E-state index in [-0.39, 0.29) is 0 Å². The molecule has 8 fully saturated rings. The second kappa shape index (κ2) is 7.20.